The van der Waals surface area contributed by atoms with Gasteiger partial charge in [0.05, 0.1) is 7.11 Å². The van der Waals surface area contributed by atoms with Crippen molar-refractivity contribution in [3.8, 4) is 0 Å². The molecule has 98 valence electrons. The Bertz CT molecular complexity index is 262. The summed E-state index contributed by atoms with van der Waals surface area (Å²) in [6.07, 6.45) is 5.33. The largest absolute Gasteiger partial charge is 0.469 e. The lowest BCUT2D eigenvalue weighted by Crippen LogP contribution is -2.18. The summed E-state index contributed by atoms with van der Waals surface area (Å²) in [7, 11) is 1.38. The molecule has 0 aromatic carbocycles. The molecule has 0 aromatic rings. The Hall–Kier alpha value is -0.900. The van der Waals surface area contributed by atoms with Crippen molar-refractivity contribution >= 4 is 11.8 Å². The van der Waals surface area contributed by atoms with Crippen molar-refractivity contribution < 1.29 is 19.4 Å². The van der Waals surface area contributed by atoms with Crippen LogP contribution in [-0.4, -0.2) is 30.6 Å². The molecule has 4 nitrogen and oxygen atoms in total. The highest BCUT2D eigenvalue weighted by Crippen LogP contribution is 2.35. The van der Waals surface area contributed by atoms with Crippen LogP contribution in [0.15, 0.2) is 0 Å². The number of methoxy groups -OCH3 is 1. The molecule has 1 rings (SSSR count). The normalized spacial score (nSPS) is 24.0. The van der Waals surface area contributed by atoms with Gasteiger partial charge in [-0.3, -0.25) is 9.59 Å². The van der Waals surface area contributed by atoms with Crippen molar-refractivity contribution in [2.45, 2.75) is 44.9 Å². The SMILES string of the molecule is COC(=O)CC1CCC(=O)C1CCCCCO. The molecular formula is C13H22O4. The minimum atomic E-state index is -0.218. The molecule has 0 bridgehead atoms. The van der Waals surface area contributed by atoms with Crippen molar-refractivity contribution in [3.05, 3.63) is 0 Å². The number of ketones is 1. The molecule has 0 saturated heterocycles. The number of rotatable bonds is 7. The Kier molecular flexibility index (Phi) is 6.19. The van der Waals surface area contributed by atoms with Gasteiger partial charge in [-0.2, -0.15) is 0 Å². The number of aliphatic hydroxyl groups excluding tert-OH is 1. The molecule has 1 N–H and O–H groups in total. The van der Waals surface area contributed by atoms with E-state index >= 15 is 0 Å². The Labute approximate surface area is 102 Å². The van der Waals surface area contributed by atoms with E-state index in [0.717, 1.165) is 32.1 Å². The van der Waals surface area contributed by atoms with Gasteiger partial charge in [-0.25, -0.2) is 0 Å². The fourth-order valence-electron chi connectivity index (χ4n) is 2.57. The van der Waals surface area contributed by atoms with E-state index in [-0.39, 0.29) is 24.4 Å². The standard InChI is InChI=1S/C13H22O4/c1-17-13(16)9-10-6-7-12(15)11(10)5-3-2-4-8-14/h10-11,14H,2-9H2,1H3. The number of aliphatic hydroxyl groups is 1. The lowest BCUT2D eigenvalue weighted by molar-refractivity contribution is -0.142. The number of esters is 1. The number of carbonyl (C=O) groups is 2. The molecule has 0 radical (unpaired) electrons. The highest BCUT2D eigenvalue weighted by Gasteiger charge is 2.35. The molecule has 0 amide bonds. The van der Waals surface area contributed by atoms with Gasteiger partial charge in [0.2, 0.25) is 0 Å². The summed E-state index contributed by atoms with van der Waals surface area (Å²) >= 11 is 0. The Morgan fingerprint density at radius 1 is 1.41 bits per heavy atom. The number of carbonyl (C=O) groups excluding carboxylic acids is 2. The highest BCUT2D eigenvalue weighted by molar-refractivity contribution is 5.84. The fourth-order valence-corrected chi connectivity index (χ4v) is 2.57. The predicted molar refractivity (Wildman–Crippen MR) is 63.4 cm³/mol. The third-order valence-electron chi connectivity index (χ3n) is 3.57. The molecule has 0 aromatic heterocycles. The van der Waals surface area contributed by atoms with Gasteiger partial charge in [0.15, 0.2) is 0 Å². The Balaban J connectivity index is 2.36. The van der Waals surface area contributed by atoms with Crippen LogP contribution in [0.2, 0.25) is 0 Å². The average molecular weight is 242 g/mol. The number of ether oxygens (including phenoxy) is 1. The molecule has 1 aliphatic rings. The van der Waals surface area contributed by atoms with Crippen molar-refractivity contribution in [2.75, 3.05) is 13.7 Å². The van der Waals surface area contributed by atoms with Crippen LogP contribution in [0.25, 0.3) is 0 Å². The van der Waals surface area contributed by atoms with Gasteiger partial charge < -0.3 is 9.84 Å². The smallest absolute Gasteiger partial charge is 0.305 e. The quantitative estimate of drug-likeness (QED) is 0.545. The predicted octanol–water partition coefficient (Wildman–Crippen LogP) is 1.70. The number of Topliss-reactive ketones (excluding diaryl/α,β-unsaturated/α-hetero) is 1. The van der Waals surface area contributed by atoms with Crippen molar-refractivity contribution in [3.63, 3.8) is 0 Å². The third kappa shape index (κ3) is 4.46. The second kappa shape index (κ2) is 7.43. The van der Waals surface area contributed by atoms with Gasteiger partial charge in [0.1, 0.15) is 5.78 Å². The zero-order valence-electron chi connectivity index (χ0n) is 10.5. The highest BCUT2D eigenvalue weighted by atomic mass is 16.5. The van der Waals surface area contributed by atoms with Gasteiger partial charge >= 0.3 is 5.97 Å². The molecule has 4 heteroatoms. The van der Waals surface area contributed by atoms with Crippen LogP contribution >= 0.6 is 0 Å². The van der Waals surface area contributed by atoms with Gasteiger partial charge in [-0.1, -0.05) is 12.8 Å². The molecule has 2 unspecified atom stereocenters. The van der Waals surface area contributed by atoms with E-state index in [1.54, 1.807) is 0 Å². The zero-order chi connectivity index (χ0) is 12.7. The summed E-state index contributed by atoms with van der Waals surface area (Å²) in [6.45, 7) is 0.213. The Morgan fingerprint density at radius 3 is 2.82 bits per heavy atom. The average Bonchev–Trinajstić information content (AvgIpc) is 2.66. The molecular weight excluding hydrogens is 220 g/mol. The van der Waals surface area contributed by atoms with E-state index in [2.05, 4.69) is 4.74 Å². The first-order chi connectivity index (χ1) is 8.19. The van der Waals surface area contributed by atoms with Crippen molar-refractivity contribution in [1.29, 1.82) is 0 Å². The summed E-state index contributed by atoms with van der Waals surface area (Å²) in [5.41, 5.74) is 0. The van der Waals surface area contributed by atoms with Crippen molar-refractivity contribution in [1.82, 2.24) is 0 Å². The van der Waals surface area contributed by atoms with E-state index in [9.17, 15) is 9.59 Å². The van der Waals surface area contributed by atoms with E-state index < -0.39 is 0 Å². The maximum Gasteiger partial charge on any atom is 0.305 e. The first-order valence-electron chi connectivity index (χ1n) is 6.39. The topological polar surface area (TPSA) is 63.6 Å². The van der Waals surface area contributed by atoms with Gasteiger partial charge in [0.25, 0.3) is 0 Å². The second-order valence-electron chi connectivity index (χ2n) is 4.72. The molecule has 1 saturated carbocycles. The minimum absolute atomic E-state index is 0.0350. The van der Waals surface area contributed by atoms with Crippen LogP contribution in [0.1, 0.15) is 44.9 Å². The number of unbranched alkanes of at least 4 members (excludes halogenated alkanes) is 2. The van der Waals surface area contributed by atoms with E-state index in [0.29, 0.717) is 18.6 Å². The summed E-state index contributed by atoms with van der Waals surface area (Å²) < 4.78 is 4.66. The summed E-state index contributed by atoms with van der Waals surface area (Å²) in [5, 5.41) is 8.68. The first kappa shape index (κ1) is 14.2. The summed E-state index contributed by atoms with van der Waals surface area (Å²) in [6, 6.07) is 0. The molecule has 0 heterocycles. The van der Waals surface area contributed by atoms with Crippen LogP contribution in [0.3, 0.4) is 0 Å². The Morgan fingerprint density at radius 2 is 2.18 bits per heavy atom. The van der Waals surface area contributed by atoms with Crippen LogP contribution in [0.4, 0.5) is 0 Å². The van der Waals surface area contributed by atoms with Crippen LogP contribution < -0.4 is 0 Å². The second-order valence-corrected chi connectivity index (χ2v) is 4.72. The minimum Gasteiger partial charge on any atom is -0.469 e. The van der Waals surface area contributed by atoms with Gasteiger partial charge in [-0.05, 0) is 25.2 Å². The molecule has 0 aliphatic heterocycles. The van der Waals surface area contributed by atoms with Crippen LogP contribution in [0, 0.1) is 11.8 Å². The number of hydrogen-bond acceptors (Lipinski definition) is 4. The molecule has 1 aliphatic carbocycles. The zero-order valence-corrected chi connectivity index (χ0v) is 10.5. The van der Waals surface area contributed by atoms with Crippen LogP contribution in [0.5, 0.6) is 0 Å². The molecule has 0 spiro atoms. The lowest BCUT2D eigenvalue weighted by Gasteiger charge is -2.16. The summed E-state index contributed by atoms with van der Waals surface area (Å²) in [4.78, 5) is 22.9. The van der Waals surface area contributed by atoms with Gasteiger partial charge in [0, 0.05) is 25.4 Å². The summed E-state index contributed by atoms with van der Waals surface area (Å²) in [5.74, 6) is 0.282. The van der Waals surface area contributed by atoms with E-state index in [1.807, 2.05) is 0 Å². The molecule has 2 atom stereocenters. The maximum atomic E-state index is 11.7. The van der Waals surface area contributed by atoms with Gasteiger partial charge in [-0.15, -0.1) is 0 Å². The molecule has 1 fully saturated rings. The van der Waals surface area contributed by atoms with Crippen molar-refractivity contribution in [2.24, 2.45) is 11.8 Å². The third-order valence-corrected chi connectivity index (χ3v) is 3.57. The molecule has 17 heavy (non-hydrogen) atoms. The van der Waals surface area contributed by atoms with Crippen LogP contribution in [-0.2, 0) is 14.3 Å². The fraction of sp³-hybridized carbons (Fsp3) is 0.846. The van der Waals surface area contributed by atoms with E-state index in [4.69, 9.17) is 5.11 Å². The first-order valence-corrected chi connectivity index (χ1v) is 6.39. The monoisotopic (exact) mass is 242 g/mol. The number of hydrogen-bond donors (Lipinski definition) is 1. The van der Waals surface area contributed by atoms with E-state index in [1.165, 1.54) is 7.11 Å². The lowest BCUT2D eigenvalue weighted by atomic mass is 9.88. The maximum absolute atomic E-state index is 11.7.